The van der Waals surface area contributed by atoms with E-state index in [2.05, 4.69) is 6.58 Å². The van der Waals surface area contributed by atoms with Crippen molar-refractivity contribution in [1.82, 2.24) is 0 Å². The van der Waals surface area contributed by atoms with Gasteiger partial charge in [0.15, 0.2) is 5.78 Å². The molecule has 2 aromatic carbocycles. The summed E-state index contributed by atoms with van der Waals surface area (Å²) in [4.78, 5) is 20.0. The minimum absolute atomic E-state index is 0.121. The molecular weight excluding hydrogens is 262 g/mol. The van der Waals surface area contributed by atoms with Crippen LogP contribution in [0.3, 0.4) is 0 Å². The quantitative estimate of drug-likeness (QED) is 0.402. The molecule has 0 aromatic heterocycles. The van der Waals surface area contributed by atoms with Crippen LogP contribution in [0.15, 0.2) is 73.3 Å². The van der Waals surface area contributed by atoms with Gasteiger partial charge in [0.25, 0.3) is 0 Å². The largest absolute Gasteiger partial charge is 0.399 e. The smallest absolute Gasteiger partial charge is 0.159 e. The normalized spacial score (nSPS) is 8.24. The summed E-state index contributed by atoms with van der Waals surface area (Å²) in [6.45, 7) is 4.88. The number of nitrogen functional groups attached to an aromatic ring is 1. The van der Waals surface area contributed by atoms with Gasteiger partial charge >= 0.3 is 0 Å². The van der Waals surface area contributed by atoms with Crippen molar-refractivity contribution >= 4 is 17.8 Å². The molecule has 2 N–H and O–H groups in total. The van der Waals surface area contributed by atoms with E-state index in [1.165, 1.54) is 0 Å². The topological polar surface area (TPSA) is 60.2 Å². The first-order valence-electron chi connectivity index (χ1n) is 6.52. The molecule has 2 aromatic rings. The Morgan fingerprint density at radius 1 is 1.05 bits per heavy atom. The molecule has 0 atom stereocenters. The lowest BCUT2D eigenvalue weighted by Gasteiger charge is -1.89. The van der Waals surface area contributed by atoms with Crippen molar-refractivity contribution in [2.24, 2.45) is 0 Å². The van der Waals surface area contributed by atoms with Gasteiger partial charge in [-0.25, -0.2) is 0 Å². The van der Waals surface area contributed by atoms with Crippen LogP contribution in [0.5, 0.6) is 0 Å². The summed E-state index contributed by atoms with van der Waals surface area (Å²) in [5, 5.41) is 0. The predicted molar refractivity (Wildman–Crippen MR) is 88.2 cm³/mol. The average Bonchev–Trinajstić information content (AvgIpc) is 2.51. The Labute approximate surface area is 126 Å². The van der Waals surface area contributed by atoms with Crippen LogP contribution in [0, 0.1) is 0 Å². The zero-order valence-electron chi connectivity index (χ0n) is 12.2. The summed E-state index contributed by atoms with van der Waals surface area (Å²) in [7, 11) is 0. The molecule has 0 bridgehead atoms. The summed E-state index contributed by atoms with van der Waals surface area (Å²) < 4.78 is 0. The lowest BCUT2D eigenvalue weighted by atomic mass is 10.2. The maximum atomic E-state index is 10.6. The van der Waals surface area contributed by atoms with Gasteiger partial charge in [-0.15, -0.1) is 6.58 Å². The first kappa shape index (κ1) is 18.3. The number of allylic oxidation sites excluding steroid dienone is 1. The van der Waals surface area contributed by atoms with Crippen molar-refractivity contribution in [2.75, 3.05) is 5.73 Å². The average molecular weight is 283 g/mol. The molecule has 0 heterocycles. The maximum Gasteiger partial charge on any atom is 0.159 e. The Morgan fingerprint density at radius 2 is 1.52 bits per heavy atom. The molecule has 0 aliphatic heterocycles. The van der Waals surface area contributed by atoms with E-state index in [9.17, 15) is 9.59 Å². The van der Waals surface area contributed by atoms with Crippen LogP contribution in [0.25, 0.3) is 0 Å². The van der Waals surface area contributed by atoms with Gasteiger partial charge in [-0.05, 0) is 19.1 Å². The van der Waals surface area contributed by atoms with Gasteiger partial charge in [0.2, 0.25) is 0 Å². The van der Waals surface area contributed by atoms with Crippen LogP contribution in [0.4, 0.5) is 5.69 Å². The second-order valence-electron chi connectivity index (χ2n) is 4.02. The molecule has 0 saturated heterocycles. The third-order valence-electron chi connectivity index (χ3n) is 2.24. The van der Waals surface area contributed by atoms with Crippen molar-refractivity contribution in [1.29, 1.82) is 0 Å². The third-order valence-corrected chi connectivity index (χ3v) is 2.24. The Hall–Kier alpha value is -2.68. The molecule has 0 spiro atoms. The number of para-hydroxylation sites is 1. The molecule has 2 rings (SSSR count). The van der Waals surface area contributed by atoms with Crippen molar-refractivity contribution in [2.45, 2.75) is 13.3 Å². The highest BCUT2D eigenvalue weighted by atomic mass is 16.1. The van der Waals surface area contributed by atoms with Gasteiger partial charge in [0.05, 0.1) is 0 Å². The van der Waals surface area contributed by atoms with Crippen LogP contribution in [0.2, 0.25) is 0 Å². The second kappa shape index (κ2) is 12.4. The lowest BCUT2D eigenvalue weighted by molar-refractivity contribution is -0.107. The lowest BCUT2D eigenvalue weighted by Crippen LogP contribution is -1.88. The Morgan fingerprint density at radius 3 is 1.71 bits per heavy atom. The number of ketones is 1. The number of aldehydes is 1. The van der Waals surface area contributed by atoms with E-state index in [1.807, 2.05) is 60.7 Å². The van der Waals surface area contributed by atoms with E-state index in [0.29, 0.717) is 6.42 Å². The first-order valence-corrected chi connectivity index (χ1v) is 6.52. The number of carbonyl (C=O) groups is 2. The first-order chi connectivity index (χ1) is 10.1. The summed E-state index contributed by atoms with van der Waals surface area (Å²) >= 11 is 0. The molecular formula is C18H21NO2. The van der Waals surface area contributed by atoms with E-state index in [-0.39, 0.29) is 5.78 Å². The van der Waals surface area contributed by atoms with Gasteiger partial charge < -0.3 is 10.5 Å². The third kappa shape index (κ3) is 10.9. The van der Waals surface area contributed by atoms with Crippen LogP contribution in [-0.4, -0.2) is 12.1 Å². The molecule has 0 amide bonds. The molecule has 3 heteroatoms. The SMILES string of the molecule is C=CCC=O.CC(=O)c1ccccc1.Nc1ccccc1. The van der Waals surface area contributed by atoms with E-state index in [1.54, 1.807) is 13.0 Å². The Balaban J connectivity index is 0.000000300. The van der Waals surface area contributed by atoms with Crippen molar-refractivity contribution in [3.05, 3.63) is 78.9 Å². The number of nitrogens with two attached hydrogens (primary N) is 1. The summed E-state index contributed by atoms with van der Waals surface area (Å²) in [6, 6.07) is 18.7. The molecule has 3 nitrogen and oxygen atoms in total. The van der Waals surface area contributed by atoms with E-state index >= 15 is 0 Å². The van der Waals surface area contributed by atoms with Gasteiger partial charge in [-0.1, -0.05) is 54.6 Å². The van der Waals surface area contributed by atoms with Crippen LogP contribution in [-0.2, 0) is 4.79 Å². The zero-order valence-corrected chi connectivity index (χ0v) is 12.2. The highest BCUT2D eigenvalue weighted by Gasteiger charge is 1.92. The number of carbonyl (C=O) groups excluding carboxylic acids is 2. The zero-order chi connectivity index (χ0) is 15.9. The Bertz CT molecular complexity index is 515. The molecule has 0 radical (unpaired) electrons. The van der Waals surface area contributed by atoms with Gasteiger partial charge in [0.1, 0.15) is 6.29 Å². The number of hydrogen-bond acceptors (Lipinski definition) is 3. The van der Waals surface area contributed by atoms with Crippen LogP contribution < -0.4 is 5.73 Å². The summed E-state index contributed by atoms with van der Waals surface area (Å²) in [5.41, 5.74) is 6.96. The number of benzene rings is 2. The number of hydrogen-bond donors (Lipinski definition) is 1. The highest BCUT2D eigenvalue weighted by molar-refractivity contribution is 5.93. The van der Waals surface area contributed by atoms with Gasteiger partial charge in [-0.2, -0.15) is 0 Å². The predicted octanol–water partition coefficient (Wildman–Crippen LogP) is 3.92. The molecule has 0 unspecified atom stereocenters. The minimum Gasteiger partial charge on any atom is -0.399 e. The summed E-state index contributed by atoms with van der Waals surface area (Å²) in [5.74, 6) is 0.121. The van der Waals surface area contributed by atoms with Crippen molar-refractivity contribution in [3.63, 3.8) is 0 Å². The minimum atomic E-state index is 0.121. The number of anilines is 1. The summed E-state index contributed by atoms with van der Waals surface area (Å²) in [6.07, 6.45) is 2.85. The molecule has 0 aliphatic carbocycles. The molecule has 0 aliphatic rings. The van der Waals surface area contributed by atoms with Crippen molar-refractivity contribution in [3.8, 4) is 0 Å². The fourth-order valence-corrected chi connectivity index (χ4v) is 1.19. The van der Waals surface area contributed by atoms with E-state index in [4.69, 9.17) is 5.73 Å². The number of rotatable bonds is 3. The number of Topliss-reactive ketones (excluding diaryl/α,β-unsaturated/α-hetero) is 1. The van der Waals surface area contributed by atoms with Crippen LogP contribution in [0.1, 0.15) is 23.7 Å². The molecule has 110 valence electrons. The van der Waals surface area contributed by atoms with Crippen LogP contribution >= 0.6 is 0 Å². The molecule has 21 heavy (non-hydrogen) atoms. The van der Waals surface area contributed by atoms with Gasteiger partial charge in [0, 0.05) is 17.7 Å². The Kier molecular flexibility index (Phi) is 10.8. The molecule has 0 saturated carbocycles. The highest BCUT2D eigenvalue weighted by Crippen LogP contribution is 1.97. The second-order valence-corrected chi connectivity index (χ2v) is 4.02. The van der Waals surface area contributed by atoms with E-state index in [0.717, 1.165) is 17.5 Å². The fraction of sp³-hybridized carbons (Fsp3) is 0.111. The van der Waals surface area contributed by atoms with E-state index < -0.39 is 0 Å². The van der Waals surface area contributed by atoms with Gasteiger partial charge in [-0.3, -0.25) is 4.79 Å². The fourth-order valence-electron chi connectivity index (χ4n) is 1.19. The standard InChI is InChI=1S/C8H8O.C6H7N.C4H6O/c1-7(9)8-5-3-2-4-6-8;7-6-4-2-1-3-5-6;1-2-3-4-5/h2-6H,1H3;1-5H,7H2;2,4H,1,3H2. The maximum absolute atomic E-state index is 10.6. The van der Waals surface area contributed by atoms with Crippen molar-refractivity contribution < 1.29 is 9.59 Å². The monoisotopic (exact) mass is 283 g/mol. The molecule has 0 fully saturated rings.